The summed E-state index contributed by atoms with van der Waals surface area (Å²) in [5.41, 5.74) is 2.69. The topological polar surface area (TPSA) is 22.0 Å². The molecular weight excluding hydrogens is 186 g/mol. The normalized spacial score (nSPS) is 10.1. The van der Waals surface area contributed by atoms with Crippen LogP contribution < -0.4 is 0 Å². The Morgan fingerprint density at radius 1 is 1.47 bits per heavy atom. The summed E-state index contributed by atoms with van der Waals surface area (Å²) in [6.45, 7) is 2.38. The molecule has 0 bridgehead atoms. The molecule has 0 saturated carbocycles. The van der Waals surface area contributed by atoms with Gasteiger partial charge in [0.05, 0.1) is 12.2 Å². The number of fused-ring (bicyclic) bond motifs is 1. The first kappa shape index (κ1) is 9.54. The Hall–Kier alpha value is -2.01. The summed E-state index contributed by atoms with van der Waals surface area (Å²) in [4.78, 5) is 11.0. The molecule has 0 radical (unpaired) electrons. The predicted octanol–water partition coefficient (Wildman–Crippen LogP) is 2.40. The molecule has 1 heterocycles. The maximum atomic E-state index is 11.0. The molecule has 2 aromatic rings. The molecule has 0 aliphatic heterocycles. The van der Waals surface area contributed by atoms with Crippen LogP contribution in [-0.4, -0.2) is 10.9 Å². The molecule has 0 aliphatic rings. The molecule has 2 heteroatoms. The summed E-state index contributed by atoms with van der Waals surface area (Å²) in [5.74, 6) is 2.57. The molecule has 1 aromatic heterocycles. The average molecular weight is 197 g/mol. The summed E-state index contributed by atoms with van der Waals surface area (Å²) in [7, 11) is 0. The minimum Gasteiger partial charge on any atom is -0.326 e. The van der Waals surface area contributed by atoms with Crippen LogP contribution in [0.25, 0.3) is 10.9 Å². The second-order valence-electron chi connectivity index (χ2n) is 3.44. The van der Waals surface area contributed by atoms with Crippen LogP contribution in [0.5, 0.6) is 0 Å². The van der Waals surface area contributed by atoms with Crippen LogP contribution in [0.3, 0.4) is 0 Å². The molecule has 2 nitrogen and oxygen atoms in total. The van der Waals surface area contributed by atoms with Gasteiger partial charge < -0.3 is 4.57 Å². The van der Waals surface area contributed by atoms with Crippen molar-refractivity contribution in [3.63, 3.8) is 0 Å². The van der Waals surface area contributed by atoms with Gasteiger partial charge in [-0.3, -0.25) is 4.79 Å². The summed E-state index contributed by atoms with van der Waals surface area (Å²) >= 11 is 0. The molecule has 0 unspecified atom stereocenters. The van der Waals surface area contributed by atoms with Crippen molar-refractivity contribution in [1.82, 2.24) is 4.57 Å². The molecule has 74 valence electrons. The first-order valence-electron chi connectivity index (χ1n) is 4.76. The van der Waals surface area contributed by atoms with E-state index in [0.717, 1.165) is 22.8 Å². The Morgan fingerprint density at radius 3 is 2.87 bits per heavy atom. The van der Waals surface area contributed by atoms with E-state index in [2.05, 4.69) is 5.92 Å². The zero-order valence-corrected chi connectivity index (χ0v) is 8.53. The van der Waals surface area contributed by atoms with E-state index < -0.39 is 0 Å². The number of terminal acetylenes is 1. The molecule has 0 amide bonds. The van der Waals surface area contributed by atoms with E-state index in [0.29, 0.717) is 12.2 Å². The van der Waals surface area contributed by atoms with Crippen molar-refractivity contribution >= 4 is 17.2 Å². The predicted molar refractivity (Wildman–Crippen MR) is 60.9 cm³/mol. The lowest BCUT2D eigenvalue weighted by Gasteiger charge is -2.01. The molecular formula is C13H11NO. The molecule has 0 atom stereocenters. The van der Waals surface area contributed by atoms with E-state index in [1.807, 2.05) is 35.8 Å². The Bertz CT molecular complexity index is 558. The van der Waals surface area contributed by atoms with E-state index in [1.54, 1.807) is 0 Å². The summed E-state index contributed by atoms with van der Waals surface area (Å²) < 4.78 is 1.87. The van der Waals surface area contributed by atoms with Crippen LogP contribution in [0.15, 0.2) is 24.3 Å². The van der Waals surface area contributed by atoms with Gasteiger partial charge in [0.25, 0.3) is 0 Å². The highest BCUT2D eigenvalue weighted by molar-refractivity contribution is 5.93. The first-order valence-corrected chi connectivity index (χ1v) is 4.76. The second-order valence-corrected chi connectivity index (χ2v) is 3.44. The van der Waals surface area contributed by atoms with Gasteiger partial charge >= 0.3 is 0 Å². The number of carbonyl (C=O) groups is 1. The number of hydrogen-bond acceptors (Lipinski definition) is 1. The number of aldehydes is 1. The Balaban J connectivity index is 2.86. The van der Waals surface area contributed by atoms with Crippen molar-refractivity contribution in [1.29, 1.82) is 0 Å². The zero-order chi connectivity index (χ0) is 10.8. The maximum absolute atomic E-state index is 11.0. The van der Waals surface area contributed by atoms with Crippen molar-refractivity contribution in [2.75, 3.05) is 0 Å². The molecule has 1 aromatic carbocycles. The number of nitrogens with zero attached hydrogens (tertiary/aromatic N) is 1. The maximum Gasteiger partial charge on any atom is 0.166 e. The summed E-state index contributed by atoms with van der Waals surface area (Å²) in [5, 5.41) is 1.09. The van der Waals surface area contributed by atoms with Gasteiger partial charge in [-0.05, 0) is 18.6 Å². The van der Waals surface area contributed by atoms with E-state index in [4.69, 9.17) is 6.42 Å². The van der Waals surface area contributed by atoms with Crippen LogP contribution in [0.1, 0.15) is 16.1 Å². The third-order valence-corrected chi connectivity index (χ3v) is 2.63. The van der Waals surface area contributed by atoms with Gasteiger partial charge in [-0.25, -0.2) is 0 Å². The molecule has 15 heavy (non-hydrogen) atoms. The fourth-order valence-electron chi connectivity index (χ4n) is 1.91. The van der Waals surface area contributed by atoms with Gasteiger partial charge in [0.15, 0.2) is 6.29 Å². The van der Waals surface area contributed by atoms with Crippen LogP contribution >= 0.6 is 0 Å². The average Bonchev–Trinajstić information content (AvgIpc) is 2.54. The van der Waals surface area contributed by atoms with Gasteiger partial charge in [0.2, 0.25) is 0 Å². The number of aromatic nitrogens is 1. The van der Waals surface area contributed by atoms with Crippen molar-refractivity contribution < 1.29 is 4.79 Å². The highest BCUT2D eigenvalue weighted by Gasteiger charge is 2.11. The van der Waals surface area contributed by atoms with Crippen molar-refractivity contribution in [3.05, 3.63) is 35.5 Å². The number of hydrogen-bond donors (Lipinski definition) is 0. The monoisotopic (exact) mass is 197 g/mol. The highest BCUT2D eigenvalue weighted by atomic mass is 16.1. The number of para-hydroxylation sites is 1. The van der Waals surface area contributed by atoms with Crippen molar-refractivity contribution in [2.24, 2.45) is 0 Å². The lowest BCUT2D eigenvalue weighted by atomic mass is 10.2. The number of benzene rings is 1. The quantitative estimate of drug-likeness (QED) is 0.535. The van der Waals surface area contributed by atoms with E-state index >= 15 is 0 Å². The fourth-order valence-corrected chi connectivity index (χ4v) is 1.91. The second kappa shape index (κ2) is 3.62. The van der Waals surface area contributed by atoms with Gasteiger partial charge in [-0.1, -0.05) is 24.1 Å². The summed E-state index contributed by atoms with van der Waals surface area (Å²) in [6.07, 6.45) is 6.17. The molecule has 0 fully saturated rings. The molecule has 0 aliphatic carbocycles. The number of carbonyl (C=O) groups excluding carboxylic acids is 1. The smallest absolute Gasteiger partial charge is 0.166 e. The fraction of sp³-hybridized carbons (Fsp3) is 0.154. The van der Waals surface area contributed by atoms with Gasteiger partial charge in [0, 0.05) is 10.9 Å². The largest absolute Gasteiger partial charge is 0.326 e. The van der Waals surface area contributed by atoms with Crippen LogP contribution in [0.4, 0.5) is 0 Å². The lowest BCUT2D eigenvalue weighted by molar-refractivity contribution is 0.111. The van der Waals surface area contributed by atoms with Crippen molar-refractivity contribution in [2.45, 2.75) is 13.5 Å². The highest BCUT2D eigenvalue weighted by Crippen LogP contribution is 2.23. The minimum atomic E-state index is 0.433. The molecule has 0 saturated heterocycles. The molecule has 0 spiro atoms. The number of aryl methyl sites for hydroxylation is 1. The molecule has 2 rings (SSSR count). The Morgan fingerprint density at radius 2 is 2.20 bits per heavy atom. The number of rotatable bonds is 2. The molecule has 0 N–H and O–H groups in total. The summed E-state index contributed by atoms with van der Waals surface area (Å²) in [6, 6.07) is 7.89. The van der Waals surface area contributed by atoms with Crippen LogP contribution in [0.2, 0.25) is 0 Å². The van der Waals surface area contributed by atoms with Gasteiger partial charge in [-0.15, -0.1) is 6.42 Å². The third kappa shape index (κ3) is 1.33. The van der Waals surface area contributed by atoms with Crippen LogP contribution in [-0.2, 0) is 6.54 Å². The van der Waals surface area contributed by atoms with E-state index in [9.17, 15) is 4.79 Å². The SMILES string of the molecule is C#CCn1c(C=O)c(C)c2ccccc21. The lowest BCUT2D eigenvalue weighted by Crippen LogP contribution is -2.00. The van der Waals surface area contributed by atoms with Crippen LogP contribution in [0, 0.1) is 19.3 Å². The van der Waals surface area contributed by atoms with Gasteiger partial charge in [0.1, 0.15) is 0 Å². The zero-order valence-electron chi connectivity index (χ0n) is 8.53. The third-order valence-electron chi connectivity index (χ3n) is 2.63. The Labute approximate surface area is 88.5 Å². The van der Waals surface area contributed by atoms with E-state index in [-0.39, 0.29) is 0 Å². The standard InChI is InChI=1S/C13H11NO/c1-3-8-14-12-7-5-4-6-11(12)10(2)13(14)9-15/h1,4-7,9H,8H2,2H3. The van der Waals surface area contributed by atoms with Crippen molar-refractivity contribution in [3.8, 4) is 12.3 Å². The Kier molecular flexibility index (Phi) is 2.31. The minimum absolute atomic E-state index is 0.433. The van der Waals surface area contributed by atoms with E-state index in [1.165, 1.54) is 0 Å². The van der Waals surface area contributed by atoms with Gasteiger partial charge in [-0.2, -0.15) is 0 Å². The first-order chi connectivity index (χ1) is 7.29.